The minimum absolute atomic E-state index is 0.312. The molecular weight excluding hydrogens is 549 g/mol. The number of rotatable bonds is 35. The number of hydrogen-bond donors (Lipinski definition) is 0. The first kappa shape index (κ1) is 42.3. The van der Waals surface area contributed by atoms with Crippen molar-refractivity contribution in [3.8, 4) is 0 Å². The normalized spacial score (nSPS) is 12.0. The van der Waals surface area contributed by atoms with Gasteiger partial charge in [0, 0.05) is 0 Å². The smallest absolute Gasteiger partial charge is 0.0326 e. The van der Waals surface area contributed by atoms with Gasteiger partial charge in [0.25, 0.3) is 0 Å². The van der Waals surface area contributed by atoms with E-state index < -0.39 is 0 Å². The van der Waals surface area contributed by atoms with Gasteiger partial charge in [-0.15, -0.1) is 23.8 Å². The van der Waals surface area contributed by atoms with E-state index in [1.54, 1.807) is 81.1 Å². The van der Waals surface area contributed by atoms with Gasteiger partial charge in [-0.25, -0.2) is 0 Å². The summed E-state index contributed by atoms with van der Waals surface area (Å²) in [5.41, 5.74) is 0. The van der Waals surface area contributed by atoms with Crippen molar-refractivity contribution in [1.29, 1.82) is 0 Å². The zero-order valence-electron chi connectivity index (χ0n) is 29.7. The van der Waals surface area contributed by atoms with E-state index in [1.807, 2.05) is 0 Å². The molecule has 0 N–H and O–H groups in total. The van der Waals surface area contributed by atoms with E-state index in [2.05, 4.69) is 34.6 Å². The molecule has 0 atom stereocenters. The largest absolute Gasteiger partial charge is 0.107 e. The monoisotopic (exact) mass is 631 g/mol. The fraction of sp³-hybridized carbons (Fsp3) is 1.00. The highest BCUT2D eigenvalue weighted by atomic mass is 31.1. The van der Waals surface area contributed by atoms with Crippen LogP contribution in [0.15, 0.2) is 0 Å². The Morgan fingerprint density at radius 1 is 0.195 bits per heavy atom. The SMILES string of the molecule is CCCCCCP(CCCCCC)CCCCP(CCCCCC)CCCCP(CCCCCC)CCCCCC. The van der Waals surface area contributed by atoms with Gasteiger partial charge in [0.15, 0.2) is 0 Å². The van der Waals surface area contributed by atoms with Crippen molar-refractivity contribution in [2.75, 3.05) is 55.5 Å². The first-order valence-electron chi connectivity index (χ1n) is 19.4. The van der Waals surface area contributed by atoms with Crippen molar-refractivity contribution >= 4 is 23.8 Å². The molecule has 0 saturated carbocycles. The summed E-state index contributed by atoms with van der Waals surface area (Å²) in [7, 11) is 0.975. The third kappa shape index (κ3) is 31.1. The van der Waals surface area contributed by atoms with Crippen molar-refractivity contribution in [3.05, 3.63) is 0 Å². The van der Waals surface area contributed by atoms with Crippen LogP contribution in [0.1, 0.15) is 189 Å². The zero-order valence-corrected chi connectivity index (χ0v) is 32.4. The summed E-state index contributed by atoms with van der Waals surface area (Å²) >= 11 is 0. The zero-order chi connectivity index (χ0) is 30.1. The fourth-order valence-corrected chi connectivity index (χ4v) is 14.2. The molecule has 0 fully saturated rings. The van der Waals surface area contributed by atoms with Crippen molar-refractivity contribution in [3.63, 3.8) is 0 Å². The van der Waals surface area contributed by atoms with E-state index >= 15 is 0 Å². The Morgan fingerprint density at radius 2 is 0.341 bits per heavy atom. The molecule has 0 saturated heterocycles. The second kappa shape index (κ2) is 35.8. The van der Waals surface area contributed by atoms with Crippen molar-refractivity contribution in [1.82, 2.24) is 0 Å². The lowest BCUT2D eigenvalue weighted by atomic mass is 10.2. The Hall–Kier alpha value is 1.29. The predicted molar refractivity (Wildman–Crippen MR) is 204 cm³/mol. The van der Waals surface area contributed by atoms with Gasteiger partial charge in [0.05, 0.1) is 0 Å². The minimum Gasteiger partial charge on any atom is -0.107 e. The van der Waals surface area contributed by atoms with E-state index in [1.165, 1.54) is 128 Å². The van der Waals surface area contributed by atoms with Crippen LogP contribution in [0.25, 0.3) is 0 Å². The summed E-state index contributed by atoms with van der Waals surface area (Å²) in [5.74, 6) is 0. The van der Waals surface area contributed by atoms with Gasteiger partial charge >= 0.3 is 0 Å². The van der Waals surface area contributed by atoms with Gasteiger partial charge in [-0.3, -0.25) is 0 Å². The molecule has 0 amide bonds. The van der Waals surface area contributed by atoms with Gasteiger partial charge < -0.3 is 0 Å². The Balaban J connectivity index is 4.56. The Labute approximate surface area is 267 Å². The van der Waals surface area contributed by atoms with Crippen LogP contribution in [-0.2, 0) is 0 Å². The van der Waals surface area contributed by atoms with Gasteiger partial charge in [-0.05, 0) is 113 Å². The lowest BCUT2D eigenvalue weighted by Gasteiger charge is -2.21. The van der Waals surface area contributed by atoms with Gasteiger partial charge in [0.1, 0.15) is 0 Å². The summed E-state index contributed by atoms with van der Waals surface area (Å²) in [6.45, 7) is 11.8. The van der Waals surface area contributed by atoms with E-state index in [0.29, 0.717) is 23.8 Å². The van der Waals surface area contributed by atoms with Crippen LogP contribution in [-0.4, -0.2) is 55.5 Å². The lowest BCUT2D eigenvalue weighted by molar-refractivity contribution is 0.694. The average molecular weight is 631 g/mol. The summed E-state index contributed by atoms with van der Waals surface area (Å²) in [5, 5.41) is 0. The molecule has 0 aromatic carbocycles. The highest BCUT2D eigenvalue weighted by Gasteiger charge is 2.12. The Kier molecular flexibility index (Phi) is 36.9. The molecule has 0 nitrogen and oxygen atoms in total. The molecule has 0 bridgehead atoms. The molecule has 0 radical (unpaired) electrons. The summed E-state index contributed by atoms with van der Waals surface area (Å²) in [6.07, 6.45) is 49.9. The first-order valence-corrected chi connectivity index (χ1v) is 25.1. The molecule has 3 heteroatoms. The van der Waals surface area contributed by atoms with E-state index in [-0.39, 0.29) is 0 Å². The van der Waals surface area contributed by atoms with E-state index in [9.17, 15) is 0 Å². The number of hydrogen-bond acceptors (Lipinski definition) is 0. The molecule has 248 valence electrons. The molecule has 0 aromatic heterocycles. The van der Waals surface area contributed by atoms with Crippen molar-refractivity contribution < 1.29 is 0 Å². The molecule has 0 heterocycles. The third-order valence-corrected chi connectivity index (χ3v) is 17.6. The second-order valence-corrected chi connectivity index (χ2v) is 21.3. The standard InChI is InChI=1S/C38H81P3/c1-6-11-16-21-30-39(31-22-17-12-7-2)35-26-28-37-41(34-25-20-15-10-5)38-29-27-36-40(32-23-18-13-8-3)33-24-19-14-9-4/h6-38H2,1-5H3. The quantitative estimate of drug-likeness (QED) is 0.0483. The second-order valence-electron chi connectivity index (χ2n) is 13.2. The maximum atomic E-state index is 2.37. The Morgan fingerprint density at radius 3 is 0.488 bits per heavy atom. The summed E-state index contributed by atoms with van der Waals surface area (Å²) in [6, 6.07) is 0. The van der Waals surface area contributed by atoms with Gasteiger partial charge in [0.2, 0.25) is 0 Å². The highest BCUT2D eigenvalue weighted by Crippen LogP contribution is 2.44. The summed E-state index contributed by atoms with van der Waals surface area (Å²) in [4.78, 5) is 0. The molecule has 0 unspecified atom stereocenters. The van der Waals surface area contributed by atoms with Crippen LogP contribution < -0.4 is 0 Å². The van der Waals surface area contributed by atoms with E-state index in [0.717, 1.165) is 0 Å². The van der Waals surface area contributed by atoms with Crippen LogP contribution in [0.3, 0.4) is 0 Å². The topological polar surface area (TPSA) is 0 Å². The molecule has 0 aliphatic carbocycles. The Bertz CT molecular complexity index is 408. The average Bonchev–Trinajstić information content (AvgIpc) is 2.98. The summed E-state index contributed by atoms with van der Waals surface area (Å²) < 4.78 is 0. The highest BCUT2D eigenvalue weighted by molar-refractivity contribution is 7.58. The molecular formula is C38H81P3. The van der Waals surface area contributed by atoms with Gasteiger partial charge in [-0.1, -0.05) is 131 Å². The van der Waals surface area contributed by atoms with Crippen molar-refractivity contribution in [2.45, 2.75) is 189 Å². The van der Waals surface area contributed by atoms with Crippen LogP contribution in [0.5, 0.6) is 0 Å². The van der Waals surface area contributed by atoms with Crippen LogP contribution >= 0.6 is 23.8 Å². The first-order chi connectivity index (χ1) is 20.2. The maximum absolute atomic E-state index is 2.37. The van der Waals surface area contributed by atoms with Gasteiger partial charge in [-0.2, -0.15) is 0 Å². The molecule has 0 aliphatic heterocycles. The molecule has 0 spiro atoms. The predicted octanol–water partition coefficient (Wildman–Crippen LogP) is 14.9. The van der Waals surface area contributed by atoms with Crippen molar-refractivity contribution in [2.24, 2.45) is 0 Å². The third-order valence-electron chi connectivity index (χ3n) is 9.04. The van der Waals surface area contributed by atoms with Crippen LogP contribution in [0.4, 0.5) is 0 Å². The fourth-order valence-electron chi connectivity index (χ4n) is 6.16. The van der Waals surface area contributed by atoms with Crippen LogP contribution in [0.2, 0.25) is 0 Å². The molecule has 0 aliphatic rings. The van der Waals surface area contributed by atoms with Crippen LogP contribution in [0, 0.1) is 0 Å². The molecule has 41 heavy (non-hydrogen) atoms. The molecule has 0 rings (SSSR count). The van der Waals surface area contributed by atoms with E-state index in [4.69, 9.17) is 0 Å². The maximum Gasteiger partial charge on any atom is -0.0326 e. The minimum atomic E-state index is 0.312. The lowest BCUT2D eigenvalue weighted by Crippen LogP contribution is -2.01. The molecule has 0 aromatic rings. The number of unbranched alkanes of at least 4 members (excludes halogenated alkanes) is 17.